The molecule has 0 aliphatic rings. The summed E-state index contributed by atoms with van der Waals surface area (Å²) in [5, 5.41) is 2.28. The summed E-state index contributed by atoms with van der Waals surface area (Å²) in [6.45, 7) is 1.25. The Morgan fingerprint density at radius 3 is 2.38 bits per heavy atom. The maximum Gasteiger partial charge on any atom is 0.221 e. The lowest BCUT2D eigenvalue weighted by atomic mass is 10.2. The van der Waals surface area contributed by atoms with Crippen LogP contribution < -0.4 is 14.8 Å². The van der Waals surface area contributed by atoms with Gasteiger partial charge in [0.2, 0.25) is 5.91 Å². The molecule has 0 fully saturated rings. The smallest absolute Gasteiger partial charge is 0.221 e. The molecule has 0 bridgehead atoms. The predicted molar refractivity (Wildman–Crippen MR) is 58.8 cm³/mol. The van der Waals surface area contributed by atoms with Gasteiger partial charge in [-0.1, -0.05) is 11.6 Å². The fourth-order valence-electron chi connectivity index (χ4n) is 1.17. The summed E-state index contributed by atoms with van der Waals surface area (Å²) in [5.74, 6) is -0.992. The van der Waals surface area contributed by atoms with Crippen molar-refractivity contribution in [2.45, 2.75) is 6.92 Å². The molecule has 0 aliphatic carbocycles. The molecule has 1 amide bonds. The number of hydrogen-bond acceptors (Lipinski definition) is 3. The van der Waals surface area contributed by atoms with Crippen molar-refractivity contribution in [1.82, 2.24) is 0 Å². The molecule has 1 aromatic carbocycles. The Morgan fingerprint density at radius 1 is 1.38 bits per heavy atom. The molecule has 0 aromatic heterocycles. The molecule has 0 aliphatic heterocycles. The van der Waals surface area contributed by atoms with E-state index in [0.29, 0.717) is 0 Å². The molecule has 1 aromatic rings. The van der Waals surface area contributed by atoms with Crippen LogP contribution in [0.4, 0.5) is 10.1 Å². The summed E-state index contributed by atoms with van der Waals surface area (Å²) < 4.78 is 23.5. The van der Waals surface area contributed by atoms with Crippen LogP contribution in [0.2, 0.25) is 5.02 Å². The maximum atomic E-state index is 13.7. The maximum absolute atomic E-state index is 13.7. The Balaban J connectivity index is 3.36. The van der Waals surface area contributed by atoms with Gasteiger partial charge in [-0.2, -0.15) is 0 Å². The lowest BCUT2D eigenvalue weighted by Crippen LogP contribution is -2.09. The number of ether oxygens (including phenoxy) is 2. The molecule has 1 N–H and O–H groups in total. The van der Waals surface area contributed by atoms with Gasteiger partial charge in [-0.25, -0.2) is 4.39 Å². The van der Waals surface area contributed by atoms with E-state index in [0.717, 1.165) is 0 Å². The van der Waals surface area contributed by atoms with Crippen LogP contribution in [-0.2, 0) is 4.79 Å². The summed E-state index contributed by atoms with van der Waals surface area (Å²) in [6.07, 6.45) is 0. The Hall–Kier alpha value is -1.49. The standard InChI is InChI=1S/C10H11ClFNO3/c1-5(14)13-10-8(11)6(15-2)4-7(16-3)9(10)12/h4H,1-3H3,(H,13,14). The molecule has 88 valence electrons. The molecule has 0 saturated heterocycles. The zero-order valence-corrected chi connectivity index (χ0v) is 9.81. The normalized spacial score (nSPS) is 9.81. The van der Waals surface area contributed by atoms with Crippen molar-refractivity contribution in [3.8, 4) is 11.5 Å². The van der Waals surface area contributed by atoms with Gasteiger partial charge in [0.1, 0.15) is 16.5 Å². The number of carbonyl (C=O) groups is 1. The third-order valence-electron chi connectivity index (χ3n) is 1.87. The van der Waals surface area contributed by atoms with E-state index in [1.165, 1.54) is 27.2 Å². The highest BCUT2D eigenvalue weighted by molar-refractivity contribution is 6.35. The highest BCUT2D eigenvalue weighted by Crippen LogP contribution is 2.39. The van der Waals surface area contributed by atoms with E-state index in [4.69, 9.17) is 21.1 Å². The molecule has 0 atom stereocenters. The highest BCUT2D eigenvalue weighted by Gasteiger charge is 2.19. The van der Waals surface area contributed by atoms with Gasteiger partial charge in [0, 0.05) is 13.0 Å². The number of anilines is 1. The summed E-state index contributed by atoms with van der Waals surface area (Å²) in [4.78, 5) is 10.9. The first-order valence-corrected chi connectivity index (χ1v) is 4.76. The van der Waals surface area contributed by atoms with Crippen LogP contribution in [0, 0.1) is 5.82 Å². The Kier molecular flexibility index (Phi) is 3.95. The van der Waals surface area contributed by atoms with E-state index in [1.807, 2.05) is 0 Å². The second kappa shape index (κ2) is 5.03. The topological polar surface area (TPSA) is 47.6 Å². The zero-order chi connectivity index (χ0) is 12.3. The van der Waals surface area contributed by atoms with Crippen molar-refractivity contribution in [1.29, 1.82) is 0 Å². The molecule has 4 nitrogen and oxygen atoms in total. The Morgan fingerprint density at radius 2 is 1.94 bits per heavy atom. The molecule has 0 unspecified atom stereocenters. The van der Waals surface area contributed by atoms with Crippen LogP contribution in [0.1, 0.15) is 6.92 Å². The average molecular weight is 248 g/mol. The molecule has 0 radical (unpaired) electrons. The fourth-order valence-corrected chi connectivity index (χ4v) is 1.43. The number of methoxy groups -OCH3 is 2. The summed E-state index contributed by atoms with van der Waals surface area (Å²) in [5.41, 5.74) is -0.148. The third-order valence-corrected chi connectivity index (χ3v) is 2.25. The van der Waals surface area contributed by atoms with Crippen molar-refractivity contribution in [2.75, 3.05) is 19.5 Å². The lowest BCUT2D eigenvalue weighted by Gasteiger charge is -2.13. The number of rotatable bonds is 3. The van der Waals surface area contributed by atoms with Crippen LogP contribution in [0.25, 0.3) is 0 Å². The van der Waals surface area contributed by atoms with Crippen molar-refractivity contribution in [2.24, 2.45) is 0 Å². The number of benzene rings is 1. The summed E-state index contributed by atoms with van der Waals surface area (Å²) in [6, 6.07) is 1.31. The van der Waals surface area contributed by atoms with Gasteiger partial charge in [-0.3, -0.25) is 4.79 Å². The van der Waals surface area contributed by atoms with Gasteiger partial charge in [-0.05, 0) is 0 Å². The number of halogens is 2. The van der Waals surface area contributed by atoms with E-state index in [1.54, 1.807) is 0 Å². The van der Waals surface area contributed by atoms with E-state index >= 15 is 0 Å². The van der Waals surface area contributed by atoms with Crippen molar-refractivity contribution in [3.63, 3.8) is 0 Å². The molecular weight excluding hydrogens is 237 g/mol. The first-order chi connectivity index (χ1) is 7.51. The lowest BCUT2D eigenvalue weighted by molar-refractivity contribution is -0.114. The number of carbonyl (C=O) groups excluding carboxylic acids is 1. The van der Waals surface area contributed by atoms with Gasteiger partial charge < -0.3 is 14.8 Å². The molecule has 16 heavy (non-hydrogen) atoms. The molecule has 1 rings (SSSR count). The predicted octanol–water partition coefficient (Wildman–Crippen LogP) is 2.45. The van der Waals surface area contributed by atoms with Crippen LogP contribution in [-0.4, -0.2) is 20.1 Å². The van der Waals surface area contributed by atoms with Crippen molar-refractivity contribution < 1.29 is 18.7 Å². The van der Waals surface area contributed by atoms with E-state index in [9.17, 15) is 9.18 Å². The van der Waals surface area contributed by atoms with Gasteiger partial charge in [0.15, 0.2) is 11.6 Å². The molecule has 6 heteroatoms. The van der Waals surface area contributed by atoms with Gasteiger partial charge in [0.05, 0.1) is 14.2 Å². The summed E-state index contributed by atoms with van der Waals surface area (Å²) >= 11 is 5.85. The first kappa shape index (κ1) is 12.6. The highest BCUT2D eigenvalue weighted by atomic mass is 35.5. The van der Waals surface area contributed by atoms with Crippen LogP contribution in [0.5, 0.6) is 11.5 Å². The Labute approximate surface area is 97.3 Å². The van der Waals surface area contributed by atoms with Crippen molar-refractivity contribution >= 4 is 23.2 Å². The van der Waals surface area contributed by atoms with Gasteiger partial charge in [0.25, 0.3) is 0 Å². The largest absolute Gasteiger partial charge is 0.495 e. The first-order valence-electron chi connectivity index (χ1n) is 4.38. The van der Waals surface area contributed by atoms with E-state index in [-0.39, 0.29) is 22.2 Å². The van der Waals surface area contributed by atoms with Gasteiger partial charge in [-0.15, -0.1) is 0 Å². The van der Waals surface area contributed by atoms with Crippen LogP contribution in [0.15, 0.2) is 6.07 Å². The minimum atomic E-state index is -0.733. The third kappa shape index (κ3) is 2.36. The monoisotopic (exact) mass is 247 g/mol. The average Bonchev–Trinajstić information content (AvgIpc) is 2.24. The van der Waals surface area contributed by atoms with E-state index < -0.39 is 11.7 Å². The molecular formula is C10H11ClFNO3. The second-order valence-electron chi connectivity index (χ2n) is 2.97. The Bertz CT molecular complexity index is 395. The number of hydrogen-bond donors (Lipinski definition) is 1. The number of nitrogens with one attached hydrogen (secondary N) is 1. The summed E-state index contributed by atoms with van der Waals surface area (Å²) in [7, 11) is 2.69. The van der Waals surface area contributed by atoms with Crippen LogP contribution in [0.3, 0.4) is 0 Å². The number of amides is 1. The second-order valence-corrected chi connectivity index (χ2v) is 3.34. The minimum Gasteiger partial charge on any atom is -0.495 e. The minimum absolute atomic E-state index is 0.00370. The zero-order valence-electron chi connectivity index (χ0n) is 9.06. The van der Waals surface area contributed by atoms with E-state index in [2.05, 4.69) is 5.32 Å². The quantitative estimate of drug-likeness (QED) is 0.893. The molecule has 0 heterocycles. The van der Waals surface area contributed by atoms with Gasteiger partial charge >= 0.3 is 0 Å². The fraction of sp³-hybridized carbons (Fsp3) is 0.300. The molecule has 0 spiro atoms. The SMILES string of the molecule is COc1cc(OC)c(Cl)c(NC(C)=O)c1F. The van der Waals surface area contributed by atoms with Crippen LogP contribution >= 0.6 is 11.6 Å². The molecule has 0 saturated carbocycles. The van der Waals surface area contributed by atoms with Crippen molar-refractivity contribution in [3.05, 3.63) is 16.9 Å².